The molecule has 178 valence electrons. The quantitative estimate of drug-likeness (QED) is 0.445. The lowest BCUT2D eigenvalue weighted by Crippen LogP contribution is -2.54. The Kier molecular flexibility index (Phi) is 6.50. The van der Waals surface area contributed by atoms with Crippen molar-refractivity contribution in [1.82, 2.24) is 0 Å². The molecular weight excluding hydrogens is 380 g/mol. The first kappa shape index (κ1) is 23.8. The fraction of sp³-hybridized carbons (Fsp3) is 0.931. The van der Waals surface area contributed by atoms with E-state index in [1.165, 1.54) is 57.8 Å². The molecule has 0 heterocycles. The first-order valence-corrected chi connectivity index (χ1v) is 13.6. The molecule has 0 radical (unpaired) electrons. The van der Waals surface area contributed by atoms with Crippen LogP contribution in [0.1, 0.15) is 106 Å². The van der Waals surface area contributed by atoms with Crippen LogP contribution in [0.15, 0.2) is 11.6 Å². The maximum atomic E-state index is 10.7. The summed E-state index contributed by atoms with van der Waals surface area (Å²) in [5, 5.41) is 20.1. The zero-order valence-electron chi connectivity index (χ0n) is 21.3. The average molecular weight is 431 g/mol. The van der Waals surface area contributed by atoms with Gasteiger partial charge in [0.05, 0.1) is 6.10 Å². The topological polar surface area (TPSA) is 40.5 Å². The predicted octanol–water partition coefficient (Wildman–Crippen LogP) is 7.00. The van der Waals surface area contributed by atoms with Gasteiger partial charge in [-0.3, -0.25) is 0 Å². The van der Waals surface area contributed by atoms with E-state index in [1.807, 2.05) is 0 Å². The second-order valence-corrected chi connectivity index (χ2v) is 13.3. The second-order valence-electron chi connectivity index (χ2n) is 13.3. The van der Waals surface area contributed by atoms with Gasteiger partial charge >= 0.3 is 0 Å². The molecule has 3 fully saturated rings. The summed E-state index contributed by atoms with van der Waals surface area (Å²) in [7, 11) is 0. The van der Waals surface area contributed by atoms with Crippen molar-refractivity contribution in [1.29, 1.82) is 0 Å². The molecule has 0 bridgehead atoms. The van der Waals surface area contributed by atoms with Crippen molar-refractivity contribution in [2.75, 3.05) is 6.61 Å². The van der Waals surface area contributed by atoms with Crippen molar-refractivity contribution >= 4 is 0 Å². The molecule has 31 heavy (non-hydrogen) atoms. The number of hydrogen-bond acceptors (Lipinski definition) is 2. The Balaban J connectivity index is 1.50. The Hall–Kier alpha value is -0.340. The Morgan fingerprint density at radius 3 is 2.42 bits per heavy atom. The number of aliphatic hydroxyl groups is 2. The van der Waals surface area contributed by atoms with Gasteiger partial charge in [0, 0.05) is 12.0 Å². The van der Waals surface area contributed by atoms with Crippen LogP contribution in [0.25, 0.3) is 0 Å². The molecule has 2 nitrogen and oxygen atoms in total. The fourth-order valence-corrected chi connectivity index (χ4v) is 9.45. The van der Waals surface area contributed by atoms with Crippen LogP contribution in [0.2, 0.25) is 0 Å². The molecule has 2 N–H and O–H groups in total. The van der Waals surface area contributed by atoms with Crippen molar-refractivity contribution in [2.45, 2.75) is 112 Å². The van der Waals surface area contributed by atoms with Crippen LogP contribution >= 0.6 is 0 Å². The molecule has 0 amide bonds. The lowest BCUT2D eigenvalue weighted by atomic mass is 9.44. The average Bonchev–Trinajstić information content (AvgIpc) is 3.08. The Bertz CT molecular complexity index is 680. The molecule has 0 aromatic carbocycles. The molecule has 0 saturated heterocycles. The van der Waals surface area contributed by atoms with E-state index in [-0.39, 0.29) is 11.5 Å². The first-order valence-electron chi connectivity index (χ1n) is 13.6. The van der Waals surface area contributed by atoms with Gasteiger partial charge in [0.1, 0.15) is 0 Å². The molecule has 4 aliphatic carbocycles. The lowest BCUT2D eigenvalue weighted by molar-refractivity contribution is -0.0782. The predicted molar refractivity (Wildman–Crippen MR) is 130 cm³/mol. The highest BCUT2D eigenvalue weighted by atomic mass is 16.3. The molecule has 9 atom stereocenters. The highest BCUT2D eigenvalue weighted by Crippen LogP contribution is 2.68. The van der Waals surface area contributed by atoms with Crippen molar-refractivity contribution < 1.29 is 10.2 Å². The van der Waals surface area contributed by atoms with E-state index >= 15 is 0 Å². The van der Waals surface area contributed by atoms with Gasteiger partial charge in [0.15, 0.2) is 0 Å². The van der Waals surface area contributed by atoms with Gasteiger partial charge in [0.2, 0.25) is 0 Å². The van der Waals surface area contributed by atoms with Crippen LogP contribution in [0.5, 0.6) is 0 Å². The lowest BCUT2D eigenvalue weighted by Gasteiger charge is -2.61. The molecule has 0 aliphatic heterocycles. The minimum atomic E-state index is -0.178. The molecule has 0 spiro atoms. The van der Waals surface area contributed by atoms with Crippen LogP contribution in [0, 0.1) is 51.8 Å². The van der Waals surface area contributed by atoms with E-state index in [1.54, 1.807) is 5.57 Å². The van der Waals surface area contributed by atoms with Crippen molar-refractivity contribution in [3.63, 3.8) is 0 Å². The van der Waals surface area contributed by atoms with E-state index in [2.05, 4.69) is 47.6 Å². The number of fused-ring (bicyclic) bond motifs is 5. The SMILES string of the molecule is C[C@H](CO)CCC[C@@H](C)[C@H]1CC[C@H]2[C@@H]3CC=C4C(C)(C)[C@H](O)CC[C@]4(C)[C@H]3CC[C@]12C. The monoisotopic (exact) mass is 430 g/mol. The molecular formula is C29H50O2. The van der Waals surface area contributed by atoms with Gasteiger partial charge in [-0.15, -0.1) is 0 Å². The summed E-state index contributed by atoms with van der Waals surface area (Å²) >= 11 is 0. The van der Waals surface area contributed by atoms with Crippen molar-refractivity contribution in [2.24, 2.45) is 51.8 Å². The van der Waals surface area contributed by atoms with Gasteiger partial charge in [-0.2, -0.15) is 0 Å². The van der Waals surface area contributed by atoms with Gasteiger partial charge in [-0.25, -0.2) is 0 Å². The van der Waals surface area contributed by atoms with E-state index in [0.717, 1.165) is 36.0 Å². The number of hydrogen-bond donors (Lipinski definition) is 2. The van der Waals surface area contributed by atoms with Gasteiger partial charge in [0.25, 0.3) is 0 Å². The van der Waals surface area contributed by atoms with Crippen LogP contribution in [0.4, 0.5) is 0 Å². The highest BCUT2D eigenvalue weighted by molar-refractivity contribution is 5.31. The molecule has 3 saturated carbocycles. The maximum Gasteiger partial charge on any atom is 0.0628 e. The van der Waals surface area contributed by atoms with Crippen molar-refractivity contribution in [3.8, 4) is 0 Å². The van der Waals surface area contributed by atoms with Gasteiger partial charge in [-0.05, 0) is 97.7 Å². The normalized spacial score (nSPS) is 45.8. The third-order valence-corrected chi connectivity index (χ3v) is 11.4. The molecule has 2 heteroatoms. The Labute approximate surface area is 192 Å². The molecule has 4 rings (SSSR count). The Morgan fingerprint density at radius 2 is 1.71 bits per heavy atom. The third kappa shape index (κ3) is 3.76. The van der Waals surface area contributed by atoms with E-state index in [9.17, 15) is 10.2 Å². The van der Waals surface area contributed by atoms with Crippen molar-refractivity contribution in [3.05, 3.63) is 11.6 Å². The zero-order valence-corrected chi connectivity index (χ0v) is 21.3. The smallest absolute Gasteiger partial charge is 0.0628 e. The number of allylic oxidation sites excluding steroid dienone is 1. The summed E-state index contributed by atoms with van der Waals surface area (Å²) in [5.74, 6) is 4.70. The minimum absolute atomic E-state index is 0.0584. The van der Waals surface area contributed by atoms with E-state index in [0.29, 0.717) is 23.4 Å². The molecule has 0 unspecified atom stereocenters. The molecule has 4 aliphatic rings. The Morgan fingerprint density at radius 1 is 0.968 bits per heavy atom. The minimum Gasteiger partial charge on any atom is -0.396 e. The summed E-state index contributed by atoms with van der Waals surface area (Å²) in [6, 6.07) is 0. The van der Waals surface area contributed by atoms with Crippen LogP contribution in [0.3, 0.4) is 0 Å². The standard InChI is InChI=1S/C29H50O2/c1-19(18-30)8-7-9-20(2)22-11-12-23-21-10-13-25-27(3,4)26(31)15-17-29(25,6)24(21)14-16-28(22,23)5/h13,19-24,26,30-31H,7-12,14-18H2,1-6H3/t19-,20+,21-,22+,23-,24-,26+,28+,29+/m0/s1. The van der Waals surface area contributed by atoms with Crippen LogP contribution in [-0.4, -0.2) is 22.9 Å². The fourth-order valence-electron chi connectivity index (χ4n) is 9.45. The second kappa shape index (κ2) is 8.46. The van der Waals surface area contributed by atoms with Gasteiger partial charge in [-0.1, -0.05) is 66.0 Å². The summed E-state index contributed by atoms with van der Waals surface area (Å²) in [6.45, 7) is 14.8. The summed E-state index contributed by atoms with van der Waals surface area (Å²) in [4.78, 5) is 0. The van der Waals surface area contributed by atoms with Crippen LogP contribution < -0.4 is 0 Å². The largest absolute Gasteiger partial charge is 0.396 e. The summed E-state index contributed by atoms with van der Waals surface area (Å²) < 4.78 is 0. The molecule has 0 aromatic heterocycles. The maximum absolute atomic E-state index is 10.7. The van der Waals surface area contributed by atoms with Gasteiger partial charge < -0.3 is 10.2 Å². The highest BCUT2D eigenvalue weighted by Gasteiger charge is 2.61. The van der Waals surface area contributed by atoms with Crippen LogP contribution in [-0.2, 0) is 0 Å². The number of rotatable bonds is 6. The zero-order chi connectivity index (χ0) is 22.6. The summed E-state index contributed by atoms with van der Waals surface area (Å²) in [5.41, 5.74) is 2.35. The summed E-state index contributed by atoms with van der Waals surface area (Å²) in [6.07, 6.45) is 15.3. The third-order valence-electron chi connectivity index (χ3n) is 11.4. The number of aliphatic hydroxyl groups excluding tert-OH is 2. The van der Waals surface area contributed by atoms with E-state index in [4.69, 9.17) is 0 Å². The first-order chi connectivity index (χ1) is 14.6. The molecule has 0 aromatic rings. The van der Waals surface area contributed by atoms with E-state index < -0.39 is 0 Å².